The van der Waals surface area contributed by atoms with E-state index in [0.29, 0.717) is 19.1 Å². The Kier molecular flexibility index (Phi) is 4.92. The average molecular weight is 238 g/mol. The zero-order chi connectivity index (χ0) is 12.7. The Hall–Kier alpha value is -2.12. The number of nitrogens with zero attached hydrogens (tertiary/aromatic N) is 7. The second-order valence-corrected chi connectivity index (χ2v) is 2.89. The highest BCUT2D eigenvalue weighted by atomic mass is 16.7. The summed E-state index contributed by atoms with van der Waals surface area (Å²) in [5, 5.41) is 7.65. The Bertz CT molecular complexity index is 416. The molecule has 0 aliphatic heterocycles. The molecule has 0 saturated heterocycles. The van der Waals surface area contributed by atoms with Crippen molar-refractivity contribution in [3.63, 3.8) is 0 Å². The van der Waals surface area contributed by atoms with E-state index in [1.54, 1.807) is 7.05 Å². The first kappa shape index (κ1) is 12.9. The number of hydrogen-bond donors (Lipinski definition) is 1. The predicted molar refractivity (Wildman–Crippen MR) is 62.8 cm³/mol. The monoisotopic (exact) mass is 238 g/mol. The second-order valence-electron chi connectivity index (χ2n) is 2.89. The number of nitrogens with one attached hydrogen (secondary N) is 1. The van der Waals surface area contributed by atoms with Gasteiger partial charge in [-0.25, -0.2) is 5.06 Å². The highest BCUT2D eigenvalue weighted by Gasteiger charge is 2.09. The van der Waals surface area contributed by atoms with Crippen molar-refractivity contribution in [2.75, 3.05) is 30.6 Å². The summed E-state index contributed by atoms with van der Waals surface area (Å²) < 4.78 is 0. The number of anilines is 2. The van der Waals surface area contributed by atoms with Crippen LogP contribution in [0.1, 0.15) is 13.8 Å². The lowest BCUT2D eigenvalue weighted by atomic mass is 10.7. The van der Waals surface area contributed by atoms with Gasteiger partial charge < -0.3 is 5.32 Å². The van der Waals surface area contributed by atoms with Gasteiger partial charge in [-0.15, -0.1) is 0 Å². The highest BCUT2D eigenvalue weighted by molar-refractivity contribution is 5.39. The van der Waals surface area contributed by atoms with Crippen LogP contribution in [0.15, 0.2) is 5.11 Å². The van der Waals surface area contributed by atoms with Gasteiger partial charge in [0.05, 0.1) is 6.61 Å². The fraction of sp³-hybridized carbons (Fsp3) is 0.625. The van der Waals surface area contributed by atoms with E-state index < -0.39 is 0 Å². The molecule has 1 aromatic rings. The molecule has 0 aliphatic carbocycles. The van der Waals surface area contributed by atoms with Crippen molar-refractivity contribution in [2.24, 2.45) is 5.11 Å². The standard InChI is InChI=1S/C8H14N8O/c1-4-10-6-11-7(14-15-9)13-8(12-6)16(3)17-5-2/h4-5H2,1-3H3,(H,10,11,12,13). The molecule has 17 heavy (non-hydrogen) atoms. The fourth-order valence-corrected chi connectivity index (χ4v) is 1.07. The summed E-state index contributed by atoms with van der Waals surface area (Å²) in [6, 6.07) is 0. The number of aromatic nitrogens is 3. The van der Waals surface area contributed by atoms with Crippen molar-refractivity contribution in [3.8, 4) is 0 Å². The summed E-state index contributed by atoms with van der Waals surface area (Å²) in [6.45, 7) is 4.88. The van der Waals surface area contributed by atoms with Crippen molar-refractivity contribution in [1.82, 2.24) is 15.0 Å². The van der Waals surface area contributed by atoms with Gasteiger partial charge in [0.25, 0.3) is 5.95 Å². The van der Waals surface area contributed by atoms with E-state index in [1.807, 2.05) is 13.8 Å². The second kappa shape index (κ2) is 6.46. The number of azide groups is 1. The molecule has 9 nitrogen and oxygen atoms in total. The van der Waals surface area contributed by atoms with Crippen LogP contribution in [0.2, 0.25) is 0 Å². The molecule has 1 aromatic heterocycles. The van der Waals surface area contributed by atoms with Gasteiger partial charge in [-0.05, 0) is 24.5 Å². The summed E-state index contributed by atoms with van der Waals surface area (Å²) >= 11 is 0. The summed E-state index contributed by atoms with van der Waals surface area (Å²) in [5.41, 5.74) is 8.37. The maximum atomic E-state index is 8.37. The normalized spacial score (nSPS) is 9.59. The molecule has 0 saturated carbocycles. The first-order valence-corrected chi connectivity index (χ1v) is 5.13. The summed E-state index contributed by atoms with van der Waals surface area (Å²) in [6.07, 6.45) is 0. The zero-order valence-electron chi connectivity index (χ0n) is 9.95. The van der Waals surface area contributed by atoms with Crippen LogP contribution in [0.25, 0.3) is 10.4 Å². The Morgan fingerprint density at radius 2 is 2.18 bits per heavy atom. The van der Waals surface area contributed by atoms with Crippen LogP contribution in [-0.2, 0) is 4.84 Å². The molecule has 0 radical (unpaired) electrons. The average Bonchev–Trinajstić information content (AvgIpc) is 2.30. The fourth-order valence-electron chi connectivity index (χ4n) is 1.07. The highest BCUT2D eigenvalue weighted by Crippen LogP contribution is 2.14. The van der Waals surface area contributed by atoms with Gasteiger partial charge in [0, 0.05) is 18.5 Å². The predicted octanol–water partition coefficient (Wildman–Crippen LogP) is 1.63. The summed E-state index contributed by atoms with van der Waals surface area (Å²) in [4.78, 5) is 19.8. The summed E-state index contributed by atoms with van der Waals surface area (Å²) in [7, 11) is 1.66. The van der Waals surface area contributed by atoms with Crippen LogP contribution in [0.5, 0.6) is 0 Å². The van der Waals surface area contributed by atoms with E-state index in [2.05, 4.69) is 30.3 Å². The van der Waals surface area contributed by atoms with Crippen molar-refractivity contribution in [1.29, 1.82) is 0 Å². The molecule has 1 heterocycles. The van der Waals surface area contributed by atoms with E-state index >= 15 is 0 Å². The van der Waals surface area contributed by atoms with Gasteiger partial charge in [-0.3, -0.25) is 4.84 Å². The van der Waals surface area contributed by atoms with Crippen LogP contribution in [-0.4, -0.2) is 35.2 Å². The van der Waals surface area contributed by atoms with Gasteiger partial charge in [0.1, 0.15) is 0 Å². The molecular weight excluding hydrogens is 224 g/mol. The number of hydroxylamine groups is 1. The minimum absolute atomic E-state index is 0.00000283. The third kappa shape index (κ3) is 3.74. The quantitative estimate of drug-likeness (QED) is 0.349. The third-order valence-corrected chi connectivity index (χ3v) is 1.69. The summed E-state index contributed by atoms with van der Waals surface area (Å²) in [5.74, 6) is 0.617. The molecule has 0 atom stereocenters. The van der Waals surface area contributed by atoms with Gasteiger partial charge in [-0.2, -0.15) is 15.0 Å². The minimum atomic E-state index is 0.00000283. The van der Waals surface area contributed by atoms with E-state index in [-0.39, 0.29) is 11.9 Å². The van der Waals surface area contributed by atoms with Crippen LogP contribution in [0.3, 0.4) is 0 Å². The van der Waals surface area contributed by atoms with E-state index in [1.165, 1.54) is 5.06 Å². The van der Waals surface area contributed by atoms with Crippen molar-refractivity contribution in [3.05, 3.63) is 10.4 Å². The van der Waals surface area contributed by atoms with Gasteiger partial charge in [-0.1, -0.05) is 0 Å². The largest absolute Gasteiger partial charge is 0.354 e. The Morgan fingerprint density at radius 1 is 1.41 bits per heavy atom. The molecular formula is C8H14N8O. The maximum absolute atomic E-state index is 8.37. The van der Waals surface area contributed by atoms with E-state index in [9.17, 15) is 0 Å². The topological polar surface area (TPSA) is 112 Å². The molecule has 0 aromatic carbocycles. The molecule has 9 heteroatoms. The van der Waals surface area contributed by atoms with Gasteiger partial charge in [0.2, 0.25) is 11.9 Å². The molecule has 0 bridgehead atoms. The van der Waals surface area contributed by atoms with Crippen LogP contribution < -0.4 is 10.4 Å². The molecule has 0 aliphatic rings. The maximum Gasteiger partial charge on any atom is 0.254 e. The SMILES string of the molecule is CCNc1nc(N=[N+]=[N-])nc(N(C)OCC)n1. The Labute approximate surface area is 98.4 Å². The van der Waals surface area contributed by atoms with Crippen molar-refractivity contribution in [2.45, 2.75) is 13.8 Å². The van der Waals surface area contributed by atoms with Crippen LogP contribution >= 0.6 is 0 Å². The third-order valence-electron chi connectivity index (χ3n) is 1.69. The number of hydrogen-bond acceptors (Lipinski definition) is 7. The van der Waals surface area contributed by atoms with Gasteiger partial charge in [0.15, 0.2) is 0 Å². The van der Waals surface area contributed by atoms with Crippen molar-refractivity contribution >= 4 is 17.8 Å². The minimum Gasteiger partial charge on any atom is -0.354 e. The molecule has 1 rings (SSSR count). The van der Waals surface area contributed by atoms with E-state index in [4.69, 9.17) is 10.4 Å². The zero-order valence-corrected chi connectivity index (χ0v) is 9.95. The lowest BCUT2D eigenvalue weighted by Gasteiger charge is -2.15. The van der Waals surface area contributed by atoms with Crippen molar-refractivity contribution < 1.29 is 4.84 Å². The first-order valence-electron chi connectivity index (χ1n) is 5.13. The lowest BCUT2D eigenvalue weighted by Crippen LogP contribution is -2.21. The van der Waals surface area contributed by atoms with Gasteiger partial charge >= 0.3 is 0 Å². The Morgan fingerprint density at radius 3 is 2.76 bits per heavy atom. The van der Waals surface area contributed by atoms with Crippen LogP contribution in [0.4, 0.5) is 17.8 Å². The molecule has 0 amide bonds. The molecule has 0 fully saturated rings. The first-order chi connectivity index (χ1) is 8.21. The number of rotatable bonds is 6. The lowest BCUT2D eigenvalue weighted by molar-refractivity contribution is 0.131. The Balaban J connectivity index is 3.06. The molecule has 0 spiro atoms. The molecule has 92 valence electrons. The van der Waals surface area contributed by atoms with E-state index in [0.717, 1.165) is 0 Å². The smallest absolute Gasteiger partial charge is 0.254 e. The molecule has 1 N–H and O–H groups in total. The van der Waals surface area contributed by atoms with Crippen LogP contribution in [0, 0.1) is 0 Å². The molecule has 0 unspecified atom stereocenters.